The molecule has 1 fully saturated rings. The fraction of sp³-hybridized carbons (Fsp3) is 0.556. The van der Waals surface area contributed by atoms with Crippen LogP contribution in [-0.4, -0.2) is 54.0 Å². The standard InChI is InChI=1S/C18H24N2O3/c1-13(21)14-4-5-17-15(11-14)6-10-20(17)16-3-2-8-19(12-16)9-7-18(22)23/h4-5,11,16H,2-3,6-10,12H2,1H3,(H,22,23). The van der Waals surface area contributed by atoms with Crippen molar-refractivity contribution in [2.24, 2.45) is 0 Å². The molecule has 0 bridgehead atoms. The van der Waals surface area contributed by atoms with E-state index in [-0.39, 0.29) is 12.2 Å². The first-order valence-corrected chi connectivity index (χ1v) is 8.39. The summed E-state index contributed by atoms with van der Waals surface area (Å²) >= 11 is 0. The van der Waals surface area contributed by atoms with Crippen LogP contribution in [-0.2, 0) is 11.2 Å². The van der Waals surface area contributed by atoms with E-state index in [4.69, 9.17) is 5.11 Å². The predicted octanol–water partition coefficient (Wildman–Crippen LogP) is 2.19. The minimum atomic E-state index is -0.726. The smallest absolute Gasteiger partial charge is 0.304 e. The summed E-state index contributed by atoms with van der Waals surface area (Å²) in [5.41, 5.74) is 3.30. The Morgan fingerprint density at radius 3 is 2.87 bits per heavy atom. The number of hydrogen-bond acceptors (Lipinski definition) is 4. The Labute approximate surface area is 136 Å². The highest BCUT2D eigenvalue weighted by molar-refractivity contribution is 5.94. The summed E-state index contributed by atoms with van der Waals surface area (Å²) in [4.78, 5) is 27.0. The third-order valence-corrected chi connectivity index (χ3v) is 4.98. The molecule has 0 amide bonds. The minimum absolute atomic E-state index is 0.115. The third kappa shape index (κ3) is 3.55. The fourth-order valence-electron chi connectivity index (χ4n) is 3.77. The Morgan fingerprint density at radius 1 is 1.30 bits per heavy atom. The number of benzene rings is 1. The van der Waals surface area contributed by atoms with Crippen molar-refractivity contribution in [1.29, 1.82) is 0 Å². The molecule has 1 aromatic rings. The Morgan fingerprint density at radius 2 is 2.13 bits per heavy atom. The van der Waals surface area contributed by atoms with E-state index >= 15 is 0 Å². The van der Waals surface area contributed by atoms with E-state index in [1.54, 1.807) is 6.92 Å². The molecule has 5 heteroatoms. The van der Waals surface area contributed by atoms with Gasteiger partial charge in [-0.25, -0.2) is 0 Å². The maximum absolute atomic E-state index is 11.5. The van der Waals surface area contributed by atoms with E-state index in [0.717, 1.165) is 44.5 Å². The van der Waals surface area contributed by atoms with Gasteiger partial charge in [0.25, 0.3) is 0 Å². The monoisotopic (exact) mass is 316 g/mol. The highest BCUT2D eigenvalue weighted by atomic mass is 16.4. The number of carbonyl (C=O) groups excluding carboxylic acids is 1. The summed E-state index contributed by atoms with van der Waals surface area (Å²) in [5, 5.41) is 8.86. The molecule has 124 valence electrons. The van der Waals surface area contributed by atoms with Gasteiger partial charge in [0.2, 0.25) is 0 Å². The van der Waals surface area contributed by atoms with Gasteiger partial charge in [0, 0.05) is 36.9 Å². The number of piperidine rings is 1. The number of fused-ring (bicyclic) bond motifs is 1. The van der Waals surface area contributed by atoms with Gasteiger partial charge in [0.05, 0.1) is 6.42 Å². The second-order valence-electron chi connectivity index (χ2n) is 6.58. The van der Waals surface area contributed by atoms with E-state index in [1.807, 2.05) is 12.1 Å². The molecular weight excluding hydrogens is 292 g/mol. The van der Waals surface area contributed by atoms with Gasteiger partial charge in [-0.2, -0.15) is 0 Å². The fourth-order valence-corrected chi connectivity index (χ4v) is 3.77. The molecule has 5 nitrogen and oxygen atoms in total. The lowest BCUT2D eigenvalue weighted by Gasteiger charge is -2.38. The highest BCUT2D eigenvalue weighted by Crippen LogP contribution is 2.33. The molecule has 0 aromatic heterocycles. The maximum Gasteiger partial charge on any atom is 0.304 e. The van der Waals surface area contributed by atoms with Crippen LogP contribution in [0.1, 0.15) is 42.1 Å². The van der Waals surface area contributed by atoms with Crippen molar-refractivity contribution in [3.63, 3.8) is 0 Å². The molecule has 2 heterocycles. The maximum atomic E-state index is 11.5. The molecule has 1 atom stereocenters. The normalized spacial score (nSPS) is 21.3. The molecule has 1 N–H and O–H groups in total. The molecule has 23 heavy (non-hydrogen) atoms. The molecule has 3 rings (SSSR count). The van der Waals surface area contributed by atoms with E-state index in [0.29, 0.717) is 12.6 Å². The van der Waals surface area contributed by atoms with Crippen molar-refractivity contribution in [3.05, 3.63) is 29.3 Å². The van der Waals surface area contributed by atoms with Crippen LogP contribution < -0.4 is 4.90 Å². The van der Waals surface area contributed by atoms with Crippen LogP contribution in [0.5, 0.6) is 0 Å². The van der Waals surface area contributed by atoms with E-state index < -0.39 is 5.97 Å². The van der Waals surface area contributed by atoms with Gasteiger partial charge in [-0.1, -0.05) is 0 Å². The van der Waals surface area contributed by atoms with Crippen molar-refractivity contribution >= 4 is 17.4 Å². The van der Waals surface area contributed by atoms with Crippen LogP contribution in [0, 0.1) is 0 Å². The minimum Gasteiger partial charge on any atom is -0.481 e. The van der Waals surface area contributed by atoms with Gasteiger partial charge in [-0.3, -0.25) is 9.59 Å². The largest absolute Gasteiger partial charge is 0.481 e. The number of carboxylic acids is 1. The van der Waals surface area contributed by atoms with Crippen LogP contribution in [0.4, 0.5) is 5.69 Å². The van der Waals surface area contributed by atoms with Gasteiger partial charge in [-0.15, -0.1) is 0 Å². The van der Waals surface area contributed by atoms with Crippen molar-refractivity contribution in [2.75, 3.05) is 31.1 Å². The Balaban J connectivity index is 1.69. The number of nitrogens with zero attached hydrogens (tertiary/aromatic N) is 2. The summed E-state index contributed by atoms with van der Waals surface area (Å²) in [6.45, 7) is 5.16. The number of ketones is 1. The topological polar surface area (TPSA) is 60.9 Å². The molecule has 2 aliphatic rings. The zero-order valence-electron chi connectivity index (χ0n) is 13.6. The van der Waals surface area contributed by atoms with Gasteiger partial charge in [-0.05, 0) is 56.5 Å². The average molecular weight is 316 g/mol. The summed E-state index contributed by atoms with van der Waals surface area (Å²) in [6, 6.07) is 6.48. The van der Waals surface area contributed by atoms with Crippen LogP contribution >= 0.6 is 0 Å². The quantitative estimate of drug-likeness (QED) is 0.844. The van der Waals surface area contributed by atoms with Gasteiger partial charge >= 0.3 is 5.97 Å². The van der Waals surface area contributed by atoms with Gasteiger partial charge in [0.1, 0.15) is 0 Å². The molecule has 0 radical (unpaired) electrons. The lowest BCUT2D eigenvalue weighted by atomic mass is 10.0. The summed E-state index contributed by atoms with van der Waals surface area (Å²) in [7, 11) is 0. The number of anilines is 1. The van der Waals surface area contributed by atoms with Crippen LogP contribution in [0.2, 0.25) is 0 Å². The van der Waals surface area contributed by atoms with Crippen molar-refractivity contribution < 1.29 is 14.7 Å². The number of aliphatic carboxylic acids is 1. The van der Waals surface area contributed by atoms with Crippen LogP contribution in [0.3, 0.4) is 0 Å². The second kappa shape index (κ2) is 6.71. The predicted molar refractivity (Wildman–Crippen MR) is 89.2 cm³/mol. The van der Waals surface area contributed by atoms with Crippen molar-refractivity contribution in [2.45, 2.75) is 38.6 Å². The molecule has 0 saturated carbocycles. The first-order valence-electron chi connectivity index (χ1n) is 8.39. The molecule has 0 spiro atoms. The van der Waals surface area contributed by atoms with E-state index in [2.05, 4.69) is 15.9 Å². The number of likely N-dealkylation sites (tertiary alicyclic amines) is 1. The first-order chi connectivity index (χ1) is 11.0. The summed E-state index contributed by atoms with van der Waals surface area (Å²) in [5.74, 6) is -0.612. The second-order valence-corrected chi connectivity index (χ2v) is 6.58. The van der Waals surface area contributed by atoms with E-state index in [1.165, 1.54) is 11.3 Å². The van der Waals surface area contributed by atoms with Gasteiger partial charge in [0.15, 0.2) is 5.78 Å². The number of carbonyl (C=O) groups is 2. The Kier molecular flexibility index (Phi) is 4.66. The number of hydrogen-bond donors (Lipinski definition) is 1. The van der Waals surface area contributed by atoms with Crippen molar-refractivity contribution in [3.8, 4) is 0 Å². The lowest BCUT2D eigenvalue weighted by Crippen LogP contribution is -2.48. The lowest BCUT2D eigenvalue weighted by molar-refractivity contribution is -0.137. The molecule has 0 aliphatic carbocycles. The highest BCUT2D eigenvalue weighted by Gasteiger charge is 2.30. The van der Waals surface area contributed by atoms with Crippen LogP contribution in [0.15, 0.2) is 18.2 Å². The molecular formula is C18H24N2O3. The van der Waals surface area contributed by atoms with Crippen LogP contribution in [0.25, 0.3) is 0 Å². The first kappa shape index (κ1) is 16.0. The zero-order valence-corrected chi connectivity index (χ0v) is 13.6. The SMILES string of the molecule is CC(=O)c1ccc2c(c1)CCN2C1CCCN(CCC(=O)O)C1. The molecule has 1 aromatic carbocycles. The van der Waals surface area contributed by atoms with Crippen molar-refractivity contribution in [1.82, 2.24) is 4.90 Å². The average Bonchev–Trinajstić information content (AvgIpc) is 2.96. The van der Waals surface area contributed by atoms with E-state index in [9.17, 15) is 9.59 Å². The Bertz CT molecular complexity index is 614. The number of Topliss-reactive ketones (excluding diaryl/α,β-unsaturated/α-hetero) is 1. The molecule has 1 saturated heterocycles. The van der Waals surface area contributed by atoms with Gasteiger partial charge < -0.3 is 14.9 Å². The summed E-state index contributed by atoms with van der Waals surface area (Å²) in [6.07, 6.45) is 3.46. The zero-order chi connectivity index (χ0) is 16.4. The summed E-state index contributed by atoms with van der Waals surface area (Å²) < 4.78 is 0. The molecule has 2 aliphatic heterocycles. The number of rotatable bonds is 5. The molecule has 1 unspecified atom stereocenters. The Hall–Kier alpha value is -1.88. The third-order valence-electron chi connectivity index (χ3n) is 4.98. The number of carboxylic acid groups (broad SMARTS) is 1.